The average Bonchev–Trinajstić information content (AvgIpc) is 3.41. The molecule has 0 amide bonds. The number of ether oxygens (including phenoxy) is 2. The Morgan fingerprint density at radius 2 is 2.06 bits per heavy atom. The number of aliphatic carboxylic acids is 1. The first-order chi connectivity index (χ1) is 15.6. The fourth-order valence-corrected chi connectivity index (χ4v) is 3.63. The van der Waals surface area contributed by atoms with Gasteiger partial charge in [-0.1, -0.05) is 11.2 Å². The van der Waals surface area contributed by atoms with E-state index in [4.69, 9.17) is 14.0 Å². The van der Waals surface area contributed by atoms with Crippen molar-refractivity contribution in [3.8, 4) is 11.5 Å². The number of unbranched alkanes of at least 4 members (excludes halogenated alkanes) is 1. The second-order valence-corrected chi connectivity index (χ2v) is 7.82. The summed E-state index contributed by atoms with van der Waals surface area (Å²) in [7, 11) is 0. The zero-order valence-corrected chi connectivity index (χ0v) is 17.9. The number of carbonyl (C=O) groups is 1. The van der Waals surface area contributed by atoms with Crippen LogP contribution in [0.3, 0.4) is 0 Å². The van der Waals surface area contributed by atoms with Crippen LogP contribution in [-0.2, 0) is 17.6 Å². The van der Waals surface area contributed by atoms with Crippen LogP contribution in [0.1, 0.15) is 48.0 Å². The Morgan fingerprint density at radius 3 is 2.91 bits per heavy atom. The van der Waals surface area contributed by atoms with Crippen LogP contribution in [0.15, 0.2) is 41.1 Å². The summed E-state index contributed by atoms with van der Waals surface area (Å²) in [6.07, 6.45) is 4.63. The van der Waals surface area contributed by atoms with Gasteiger partial charge in [-0.15, -0.1) is 0 Å². The van der Waals surface area contributed by atoms with E-state index in [1.807, 2.05) is 31.2 Å². The maximum Gasteiger partial charge on any atom is 0.303 e. The Bertz CT molecular complexity index is 1070. The lowest BCUT2D eigenvalue weighted by Crippen LogP contribution is -2.10. The number of aromatic nitrogens is 3. The SMILES string of the molecule is Cc1ccnc(NCCCCc2noc(C[C@@H](CC(=O)O)c3ccc4c(c3)OCO4)n2)c1. The van der Waals surface area contributed by atoms with Crippen LogP contribution >= 0.6 is 0 Å². The lowest BCUT2D eigenvalue weighted by atomic mass is 9.92. The van der Waals surface area contributed by atoms with Gasteiger partial charge >= 0.3 is 5.97 Å². The van der Waals surface area contributed by atoms with Gasteiger partial charge in [0.25, 0.3) is 0 Å². The van der Waals surface area contributed by atoms with E-state index in [-0.39, 0.29) is 19.1 Å². The number of rotatable bonds is 11. The van der Waals surface area contributed by atoms with Crippen molar-refractivity contribution >= 4 is 11.8 Å². The summed E-state index contributed by atoms with van der Waals surface area (Å²) in [5, 5.41) is 16.7. The second kappa shape index (κ2) is 10.1. The van der Waals surface area contributed by atoms with Gasteiger partial charge in [0.1, 0.15) is 5.82 Å². The molecule has 2 aromatic heterocycles. The average molecular weight is 438 g/mol. The fourth-order valence-electron chi connectivity index (χ4n) is 3.63. The van der Waals surface area contributed by atoms with Crippen molar-refractivity contribution in [1.82, 2.24) is 15.1 Å². The zero-order valence-electron chi connectivity index (χ0n) is 17.9. The number of anilines is 1. The highest BCUT2D eigenvalue weighted by Gasteiger charge is 2.23. The van der Waals surface area contributed by atoms with Gasteiger partial charge in [-0.05, 0) is 55.2 Å². The summed E-state index contributed by atoms with van der Waals surface area (Å²) in [6.45, 7) is 3.02. The van der Waals surface area contributed by atoms with Gasteiger partial charge in [-0.3, -0.25) is 4.79 Å². The number of hydrogen-bond donors (Lipinski definition) is 2. The van der Waals surface area contributed by atoms with Crippen molar-refractivity contribution in [2.75, 3.05) is 18.7 Å². The molecule has 32 heavy (non-hydrogen) atoms. The minimum atomic E-state index is -0.886. The van der Waals surface area contributed by atoms with Gasteiger partial charge in [0.05, 0.1) is 6.42 Å². The third kappa shape index (κ3) is 5.75. The van der Waals surface area contributed by atoms with E-state index < -0.39 is 5.97 Å². The van der Waals surface area contributed by atoms with Gasteiger partial charge in [0.2, 0.25) is 12.7 Å². The predicted octanol–water partition coefficient (Wildman–Crippen LogP) is 3.74. The molecule has 1 atom stereocenters. The van der Waals surface area contributed by atoms with Crippen LogP contribution < -0.4 is 14.8 Å². The van der Waals surface area contributed by atoms with Gasteiger partial charge < -0.3 is 24.4 Å². The normalized spacial score (nSPS) is 13.2. The molecule has 0 spiro atoms. The summed E-state index contributed by atoms with van der Waals surface area (Å²) >= 11 is 0. The van der Waals surface area contributed by atoms with Crippen LogP contribution in [0, 0.1) is 6.92 Å². The van der Waals surface area contributed by atoms with Crippen LogP contribution in [0.25, 0.3) is 0 Å². The van der Waals surface area contributed by atoms with Gasteiger partial charge in [0, 0.05) is 31.5 Å². The molecule has 3 aromatic rings. The highest BCUT2D eigenvalue weighted by molar-refractivity contribution is 5.68. The molecule has 3 heterocycles. The minimum Gasteiger partial charge on any atom is -0.481 e. The Labute approximate surface area is 185 Å². The Hall–Kier alpha value is -3.62. The van der Waals surface area contributed by atoms with E-state index in [1.165, 1.54) is 5.56 Å². The topological polar surface area (TPSA) is 120 Å². The summed E-state index contributed by atoms with van der Waals surface area (Å²) in [5.41, 5.74) is 2.01. The molecule has 168 valence electrons. The smallest absolute Gasteiger partial charge is 0.303 e. The summed E-state index contributed by atoms with van der Waals surface area (Å²) in [4.78, 5) is 20.1. The van der Waals surface area contributed by atoms with Crippen LogP contribution in [-0.4, -0.2) is 39.5 Å². The van der Waals surface area contributed by atoms with E-state index in [1.54, 1.807) is 12.3 Å². The molecule has 1 aromatic carbocycles. The summed E-state index contributed by atoms with van der Waals surface area (Å²) in [5.74, 6) is 2.04. The maximum absolute atomic E-state index is 11.4. The largest absolute Gasteiger partial charge is 0.481 e. The Kier molecular flexibility index (Phi) is 6.84. The molecule has 2 N–H and O–H groups in total. The molecule has 4 rings (SSSR count). The molecule has 0 radical (unpaired) electrons. The van der Waals surface area contributed by atoms with Gasteiger partial charge in [-0.25, -0.2) is 4.98 Å². The predicted molar refractivity (Wildman–Crippen MR) is 116 cm³/mol. The van der Waals surface area contributed by atoms with Crippen molar-refractivity contribution in [2.24, 2.45) is 0 Å². The first-order valence-electron chi connectivity index (χ1n) is 10.7. The molecular formula is C23H26N4O5. The lowest BCUT2D eigenvalue weighted by molar-refractivity contribution is -0.137. The summed E-state index contributed by atoms with van der Waals surface area (Å²) < 4.78 is 16.1. The van der Waals surface area contributed by atoms with Crippen LogP contribution in [0.2, 0.25) is 0 Å². The van der Waals surface area contributed by atoms with Gasteiger partial charge in [0.15, 0.2) is 17.3 Å². The molecule has 9 nitrogen and oxygen atoms in total. The highest BCUT2D eigenvalue weighted by atomic mass is 16.7. The number of fused-ring (bicyclic) bond motifs is 1. The molecule has 0 fully saturated rings. The lowest BCUT2D eigenvalue weighted by Gasteiger charge is -2.13. The quantitative estimate of drug-likeness (QED) is 0.431. The van der Waals surface area contributed by atoms with E-state index in [2.05, 4.69) is 20.4 Å². The van der Waals surface area contributed by atoms with Gasteiger partial charge in [-0.2, -0.15) is 4.98 Å². The molecule has 0 aliphatic carbocycles. The third-order valence-electron chi connectivity index (χ3n) is 5.27. The van der Waals surface area contributed by atoms with Crippen molar-refractivity contribution < 1.29 is 23.9 Å². The number of pyridine rings is 1. The Morgan fingerprint density at radius 1 is 1.19 bits per heavy atom. The summed E-state index contributed by atoms with van der Waals surface area (Å²) in [6, 6.07) is 9.45. The van der Waals surface area contributed by atoms with E-state index >= 15 is 0 Å². The number of carboxylic acid groups (broad SMARTS) is 1. The molecule has 1 aliphatic rings. The fraction of sp³-hybridized carbons (Fsp3) is 0.391. The number of aryl methyl sites for hydroxylation is 2. The van der Waals surface area contributed by atoms with E-state index in [0.717, 1.165) is 30.8 Å². The number of nitrogens with one attached hydrogen (secondary N) is 1. The molecule has 9 heteroatoms. The minimum absolute atomic E-state index is 0.0456. The zero-order chi connectivity index (χ0) is 22.3. The Balaban J connectivity index is 1.29. The first-order valence-corrected chi connectivity index (χ1v) is 10.7. The highest BCUT2D eigenvalue weighted by Crippen LogP contribution is 2.36. The monoisotopic (exact) mass is 438 g/mol. The third-order valence-corrected chi connectivity index (χ3v) is 5.27. The molecule has 0 saturated heterocycles. The number of benzene rings is 1. The first kappa shape index (κ1) is 21.6. The molecule has 0 saturated carbocycles. The van der Waals surface area contributed by atoms with Crippen molar-refractivity contribution in [3.63, 3.8) is 0 Å². The van der Waals surface area contributed by atoms with Crippen LogP contribution in [0.4, 0.5) is 5.82 Å². The number of carboxylic acids is 1. The van der Waals surface area contributed by atoms with E-state index in [0.29, 0.717) is 36.1 Å². The maximum atomic E-state index is 11.4. The molecule has 0 unspecified atom stereocenters. The van der Waals surface area contributed by atoms with Crippen molar-refractivity contribution in [1.29, 1.82) is 0 Å². The molecule has 0 bridgehead atoms. The van der Waals surface area contributed by atoms with Crippen molar-refractivity contribution in [3.05, 3.63) is 59.4 Å². The standard InChI is InChI=1S/C23H26N4O5/c1-15-7-9-25-21(10-15)24-8-3-2-4-20-26-22(32-27-20)12-17(13-23(28)29)16-5-6-18-19(11-16)31-14-30-18/h5-7,9-11,17H,2-4,8,12-14H2,1H3,(H,24,25)(H,28,29)/t17-/m0/s1. The number of hydrogen-bond acceptors (Lipinski definition) is 8. The van der Waals surface area contributed by atoms with Crippen LogP contribution in [0.5, 0.6) is 11.5 Å². The number of nitrogens with zero attached hydrogens (tertiary/aromatic N) is 3. The van der Waals surface area contributed by atoms with Crippen molar-refractivity contribution in [2.45, 2.75) is 44.9 Å². The second-order valence-electron chi connectivity index (χ2n) is 7.82. The van der Waals surface area contributed by atoms with E-state index in [9.17, 15) is 9.90 Å². The molecule has 1 aliphatic heterocycles. The molecular weight excluding hydrogens is 412 g/mol.